The van der Waals surface area contributed by atoms with Crippen LogP contribution < -0.4 is 0 Å². The smallest absolute Gasteiger partial charge is 0.106 e. The van der Waals surface area contributed by atoms with Gasteiger partial charge in [-0.25, -0.2) is 0 Å². The Labute approximate surface area is 132 Å². The molecule has 0 radical (unpaired) electrons. The molecule has 2 atom stereocenters. The van der Waals surface area contributed by atoms with E-state index in [4.69, 9.17) is 4.74 Å². The number of hydrogen-bond acceptors (Lipinski definition) is 4. The number of nitrogens with zero attached hydrogens (tertiary/aromatic N) is 1. The molecule has 0 amide bonds. The molecule has 2 heterocycles. The van der Waals surface area contributed by atoms with Gasteiger partial charge in [-0.2, -0.15) is 0 Å². The predicted molar refractivity (Wildman–Crippen MR) is 85.8 cm³/mol. The van der Waals surface area contributed by atoms with Crippen molar-refractivity contribution in [1.82, 2.24) is 4.90 Å². The minimum Gasteiger partial charge on any atom is -0.388 e. The lowest BCUT2D eigenvalue weighted by atomic mass is 9.76. The minimum absolute atomic E-state index is 0.244. The summed E-state index contributed by atoms with van der Waals surface area (Å²) in [5.41, 5.74) is 0.110. The average molecular weight is 305 g/mol. The van der Waals surface area contributed by atoms with Crippen molar-refractivity contribution in [1.29, 1.82) is 0 Å². The molecule has 2 aliphatic heterocycles. The van der Waals surface area contributed by atoms with Gasteiger partial charge in [-0.05, 0) is 31.7 Å². The van der Waals surface area contributed by atoms with Crippen LogP contribution in [-0.2, 0) is 11.2 Å². The molecular weight excluding hydrogens is 278 g/mol. The van der Waals surface area contributed by atoms with Crippen LogP contribution in [0.2, 0.25) is 0 Å². The fraction of sp³-hybridized carbons (Fsp3) is 0.667. The number of benzene rings is 1. The summed E-state index contributed by atoms with van der Waals surface area (Å²) in [5.74, 6) is 0. The summed E-state index contributed by atoms with van der Waals surface area (Å²) < 4.78 is 5.93. The van der Waals surface area contributed by atoms with Gasteiger partial charge in [0, 0.05) is 26.1 Å². The minimum atomic E-state index is -1.02. The molecule has 2 fully saturated rings. The molecule has 3 rings (SSSR count). The van der Waals surface area contributed by atoms with Crippen molar-refractivity contribution >= 4 is 0 Å². The van der Waals surface area contributed by atoms with Crippen LogP contribution in [0, 0.1) is 0 Å². The Morgan fingerprint density at radius 3 is 2.55 bits per heavy atom. The third-order valence-corrected chi connectivity index (χ3v) is 5.27. The maximum atomic E-state index is 10.3. The van der Waals surface area contributed by atoms with E-state index in [0.29, 0.717) is 6.42 Å². The summed E-state index contributed by atoms with van der Waals surface area (Å²) in [4.78, 5) is 2.47. The molecule has 2 N–H and O–H groups in total. The van der Waals surface area contributed by atoms with E-state index in [0.717, 1.165) is 38.9 Å². The van der Waals surface area contributed by atoms with Crippen molar-refractivity contribution in [2.24, 2.45) is 0 Å². The Morgan fingerprint density at radius 2 is 1.91 bits per heavy atom. The summed E-state index contributed by atoms with van der Waals surface area (Å²) in [5, 5.41) is 20.2. The normalized spacial score (nSPS) is 32.2. The van der Waals surface area contributed by atoms with Gasteiger partial charge in [-0.3, -0.25) is 0 Å². The second-order valence-electron chi connectivity index (χ2n) is 7.12. The zero-order valence-corrected chi connectivity index (χ0v) is 13.4. The van der Waals surface area contributed by atoms with E-state index in [1.807, 2.05) is 0 Å². The van der Waals surface area contributed by atoms with Crippen molar-refractivity contribution in [3.63, 3.8) is 0 Å². The molecule has 0 aliphatic carbocycles. The van der Waals surface area contributed by atoms with Crippen LogP contribution in [0.5, 0.6) is 0 Å². The Bertz CT molecular complexity index is 480. The zero-order valence-electron chi connectivity index (χ0n) is 13.4. The molecule has 22 heavy (non-hydrogen) atoms. The Balaban J connectivity index is 1.50. The second kappa shape index (κ2) is 6.28. The van der Waals surface area contributed by atoms with Gasteiger partial charge in [0.2, 0.25) is 0 Å². The van der Waals surface area contributed by atoms with Crippen LogP contribution >= 0.6 is 0 Å². The third-order valence-electron chi connectivity index (χ3n) is 5.27. The van der Waals surface area contributed by atoms with E-state index < -0.39 is 11.7 Å². The van der Waals surface area contributed by atoms with E-state index in [-0.39, 0.29) is 12.2 Å². The van der Waals surface area contributed by atoms with Crippen molar-refractivity contribution in [2.45, 2.75) is 49.9 Å². The summed E-state index contributed by atoms with van der Waals surface area (Å²) in [6.45, 7) is 5.04. The quantitative estimate of drug-likeness (QED) is 0.890. The summed E-state index contributed by atoms with van der Waals surface area (Å²) in [6, 6.07) is 10.6. The number of aliphatic hydroxyl groups is 2. The number of hydrogen-bond donors (Lipinski definition) is 2. The molecular formula is C18H27NO3. The first-order valence-electron chi connectivity index (χ1n) is 8.30. The first-order valence-corrected chi connectivity index (χ1v) is 8.30. The summed E-state index contributed by atoms with van der Waals surface area (Å²) in [6.07, 6.45) is 2.71. The van der Waals surface area contributed by atoms with Crippen LogP contribution in [0.15, 0.2) is 30.3 Å². The first kappa shape index (κ1) is 15.9. The standard InChI is InChI=1S/C18H27NO3/c1-17(21)14-18(22-13-16(17)20)8-11-19(12-9-18)10-7-15-5-3-2-4-6-15/h2-6,16,20-21H,7-14H2,1H3/t16-,17-/m0/s1. The number of ether oxygens (including phenoxy) is 1. The molecule has 0 saturated carbocycles. The molecule has 0 aromatic heterocycles. The summed E-state index contributed by atoms with van der Waals surface area (Å²) >= 11 is 0. The van der Waals surface area contributed by atoms with Gasteiger partial charge in [0.15, 0.2) is 0 Å². The molecule has 2 saturated heterocycles. The second-order valence-corrected chi connectivity index (χ2v) is 7.12. The lowest BCUT2D eigenvalue weighted by molar-refractivity contribution is -0.222. The molecule has 122 valence electrons. The largest absolute Gasteiger partial charge is 0.388 e. The van der Waals surface area contributed by atoms with Crippen LogP contribution in [-0.4, -0.2) is 58.7 Å². The van der Waals surface area contributed by atoms with Crippen LogP contribution in [0.4, 0.5) is 0 Å². The molecule has 1 spiro atoms. The Morgan fingerprint density at radius 1 is 1.23 bits per heavy atom. The number of rotatable bonds is 3. The van der Waals surface area contributed by atoms with Gasteiger partial charge in [0.1, 0.15) is 6.10 Å². The van der Waals surface area contributed by atoms with E-state index in [1.54, 1.807) is 6.92 Å². The SMILES string of the molecule is C[C@]1(O)CC2(CCN(CCc3ccccc3)CC2)OC[C@@H]1O. The van der Waals surface area contributed by atoms with Crippen LogP contribution in [0.25, 0.3) is 0 Å². The topological polar surface area (TPSA) is 52.9 Å². The highest BCUT2D eigenvalue weighted by molar-refractivity contribution is 5.15. The molecule has 4 nitrogen and oxygen atoms in total. The molecule has 0 unspecified atom stereocenters. The van der Waals surface area contributed by atoms with E-state index >= 15 is 0 Å². The average Bonchev–Trinajstić information content (AvgIpc) is 2.52. The van der Waals surface area contributed by atoms with Crippen molar-refractivity contribution in [2.75, 3.05) is 26.2 Å². The van der Waals surface area contributed by atoms with Gasteiger partial charge < -0.3 is 19.8 Å². The fourth-order valence-electron chi connectivity index (χ4n) is 3.69. The van der Waals surface area contributed by atoms with Crippen LogP contribution in [0.3, 0.4) is 0 Å². The molecule has 1 aromatic rings. The molecule has 4 heteroatoms. The lowest BCUT2D eigenvalue weighted by Gasteiger charge is -2.50. The Kier molecular flexibility index (Phi) is 4.55. The van der Waals surface area contributed by atoms with E-state index in [9.17, 15) is 10.2 Å². The van der Waals surface area contributed by atoms with Gasteiger partial charge in [-0.1, -0.05) is 30.3 Å². The van der Waals surface area contributed by atoms with E-state index in [1.165, 1.54) is 5.56 Å². The molecule has 1 aromatic carbocycles. The van der Waals surface area contributed by atoms with Gasteiger partial charge in [-0.15, -0.1) is 0 Å². The maximum absolute atomic E-state index is 10.3. The van der Waals surface area contributed by atoms with Crippen molar-refractivity contribution in [3.05, 3.63) is 35.9 Å². The van der Waals surface area contributed by atoms with E-state index in [2.05, 4.69) is 35.2 Å². The lowest BCUT2D eigenvalue weighted by Crippen LogP contribution is -2.59. The number of piperidine rings is 1. The highest BCUT2D eigenvalue weighted by Crippen LogP contribution is 2.39. The number of likely N-dealkylation sites (tertiary alicyclic amines) is 1. The maximum Gasteiger partial charge on any atom is 0.106 e. The fourth-order valence-corrected chi connectivity index (χ4v) is 3.69. The molecule has 0 bridgehead atoms. The summed E-state index contributed by atoms with van der Waals surface area (Å²) in [7, 11) is 0. The predicted octanol–water partition coefficient (Wildman–Crippen LogP) is 1.60. The van der Waals surface area contributed by atoms with Gasteiger partial charge >= 0.3 is 0 Å². The monoisotopic (exact) mass is 305 g/mol. The highest BCUT2D eigenvalue weighted by atomic mass is 16.5. The highest BCUT2D eigenvalue weighted by Gasteiger charge is 2.48. The number of aliphatic hydroxyl groups excluding tert-OH is 1. The first-order chi connectivity index (χ1) is 10.5. The van der Waals surface area contributed by atoms with Crippen LogP contribution in [0.1, 0.15) is 31.7 Å². The van der Waals surface area contributed by atoms with Gasteiger partial charge in [0.25, 0.3) is 0 Å². The van der Waals surface area contributed by atoms with Crippen molar-refractivity contribution < 1.29 is 14.9 Å². The van der Waals surface area contributed by atoms with Gasteiger partial charge in [0.05, 0.1) is 17.8 Å². The molecule has 2 aliphatic rings. The Hall–Kier alpha value is -0.940. The zero-order chi connectivity index (χ0) is 15.6. The third kappa shape index (κ3) is 3.51. The van der Waals surface area contributed by atoms with Crippen molar-refractivity contribution in [3.8, 4) is 0 Å².